The number of sulfone groups is 1. The number of aryl methyl sites for hydroxylation is 1. The summed E-state index contributed by atoms with van der Waals surface area (Å²) in [6.07, 6.45) is 0.988. The standard InChI is InChI=1S/C16H23ClN2O3S/c1-3-19(14-7-9-23(21,22)11-14)8-6-16(20)18-15-10-13(17)5-4-12(15)2/h4-5,10,14H,3,6-9,11H2,1-2H3,(H,18,20). The van der Waals surface area contributed by atoms with Gasteiger partial charge in [-0.15, -0.1) is 0 Å². The van der Waals surface area contributed by atoms with Crippen LogP contribution in [0.15, 0.2) is 18.2 Å². The number of rotatable bonds is 6. The average molecular weight is 359 g/mol. The normalized spacial score (nSPS) is 19.9. The lowest BCUT2D eigenvalue weighted by Crippen LogP contribution is -2.38. The van der Waals surface area contributed by atoms with Gasteiger partial charge >= 0.3 is 0 Å². The molecule has 2 rings (SSSR count). The van der Waals surface area contributed by atoms with E-state index >= 15 is 0 Å². The monoisotopic (exact) mass is 358 g/mol. The highest BCUT2D eigenvalue weighted by molar-refractivity contribution is 7.91. The minimum Gasteiger partial charge on any atom is -0.326 e. The third kappa shape index (κ3) is 5.19. The number of nitrogens with zero attached hydrogens (tertiary/aromatic N) is 1. The Morgan fingerprint density at radius 2 is 2.17 bits per heavy atom. The second-order valence-corrected chi connectivity index (χ2v) is 8.61. The molecular formula is C16H23ClN2O3S. The summed E-state index contributed by atoms with van der Waals surface area (Å²) in [5.74, 6) is 0.368. The van der Waals surface area contributed by atoms with Gasteiger partial charge in [-0.3, -0.25) is 9.69 Å². The Hall–Kier alpha value is -1.11. The highest BCUT2D eigenvalue weighted by atomic mass is 35.5. The summed E-state index contributed by atoms with van der Waals surface area (Å²) in [7, 11) is -2.90. The molecule has 1 saturated heterocycles. The summed E-state index contributed by atoms with van der Waals surface area (Å²) in [5, 5.41) is 3.45. The van der Waals surface area contributed by atoms with E-state index in [2.05, 4.69) is 10.2 Å². The predicted octanol–water partition coefficient (Wildman–Crippen LogP) is 2.49. The van der Waals surface area contributed by atoms with Gasteiger partial charge in [-0.05, 0) is 37.6 Å². The molecule has 1 heterocycles. The van der Waals surface area contributed by atoms with Crippen molar-refractivity contribution in [2.75, 3.05) is 29.9 Å². The van der Waals surface area contributed by atoms with E-state index in [4.69, 9.17) is 11.6 Å². The van der Waals surface area contributed by atoms with Crippen LogP contribution in [0.2, 0.25) is 5.02 Å². The van der Waals surface area contributed by atoms with Gasteiger partial charge in [0.05, 0.1) is 11.5 Å². The highest BCUT2D eigenvalue weighted by Gasteiger charge is 2.31. The quantitative estimate of drug-likeness (QED) is 0.848. The second-order valence-electron chi connectivity index (χ2n) is 5.94. The molecule has 0 radical (unpaired) electrons. The Kier molecular flexibility index (Phi) is 6.06. The maximum absolute atomic E-state index is 12.1. The highest BCUT2D eigenvalue weighted by Crippen LogP contribution is 2.21. The number of carbonyl (C=O) groups is 1. The number of hydrogen-bond acceptors (Lipinski definition) is 4. The first-order valence-corrected chi connectivity index (χ1v) is 10.0. The van der Waals surface area contributed by atoms with Gasteiger partial charge in [0.2, 0.25) is 5.91 Å². The molecule has 23 heavy (non-hydrogen) atoms. The van der Waals surface area contributed by atoms with Gasteiger partial charge in [-0.2, -0.15) is 0 Å². The van der Waals surface area contributed by atoms with Gasteiger partial charge in [-0.1, -0.05) is 24.6 Å². The van der Waals surface area contributed by atoms with Crippen LogP contribution in [0.5, 0.6) is 0 Å². The molecule has 1 amide bonds. The molecule has 0 spiro atoms. The van der Waals surface area contributed by atoms with E-state index in [1.807, 2.05) is 19.9 Å². The molecular weight excluding hydrogens is 336 g/mol. The molecule has 1 aliphatic rings. The van der Waals surface area contributed by atoms with Crippen molar-refractivity contribution in [2.24, 2.45) is 0 Å². The smallest absolute Gasteiger partial charge is 0.225 e. The van der Waals surface area contributed by atoms with Crippen LogP contribution in [0.25, 0.3) is 0 Å². The van der Waals surface area contributed by atoms with E-state index in [0.717, 1.165) is 12.1 Å². The van der Waals surface area contributed by atoms with Gasteiger partial charge in [0.1, 0.15) is 0 Å². The Labute approximate surface area is 142 Å². The summed E-state index contributed by atoms with van der Waals surface area (Å²) in [4.78, 5) is 14.2. The SMILES string of the molecule is CCN(CCC(=O)Nc1cc(Cl)ccc1C)C1CCS(=O)(=O)C1. The van der Waals surface area contributed by atoms with Gasteiger partial charge < -0.3 is 5.32 Å². The number of carbonyl (C=O) groups excluding carboxylic acids is 1. The number of anilines is 1. The molecule has 1 atom stereocenters. The number of benzene rings is 1. The molecule has 7 heteroatoms. The molecule has 1 fully saturated rings. The van der Waals surface area contributed by atoms with Gasteiger partial charge in [0.15, 0.2) is 9.84 Å². The Balaban J connectivity index is 1.89. The average Bonchev–Trinajstić information content (AvgIpc) is 2.84. The zero-order valence-electron chi connectivity index (χ0n) is 13.5. The number of nitrogens with one attached hydrogen (secondary N) is 1. The molecule has 128 valence electrons. The predicted molar refractivity (Wildman–Crippen MR) is 93.7 cm³/mol. The zero-order valence-corrected chi connectivity index (χ0v) is 15.1. The van der Waals surface area contributed by atoms with Gasteiger partial charge in [0, 0.05) is 29.7 Å². The third-order valence-corrected chi connectivity index (χ3v) is 6.22. The first-order chi connectivity index (χ1) is 10.8. The summed E-state index contributed by atoms with van der Waals surface area (Å²) < 4.78 is 23.2. The molecule has 0 saturated carbocycles. The Bertz CT molecular complexity index is 676. The number of amides is 1. The van der Waals surface area contributed by atoms with Crippen molar-refractivity contribution >= 4 is 33.0 Å². The van der Waals surface area contributed by atoms with Crippen LogP contribution >= 0.6 is 11.6 Å². The molecule has 0 aliphatic carbocycles. The molecule has 0 aromatic heterocycles. The maximum Gasteiger partial charge on any atom is 0.225 e. The van der Waals surface area contributed by atoms with Crippen LogP contribution in [-0.4, -0.2) is 49.9 Å². The Morgan fingerprint density at radius 3 is 2.78 bits per heavy atom. The molecule has 1 N–H and O–H groups in total. The van der Waals surface area contributed by atoms with E-state index in [1.165, 1.54) is 0 Å². The summed E-state index contributed by atoms with van der Waals surface area (Å²) in [6, 6.07) is 5.41. The lowest BCUT2D eigenvalue weighted by molar-refractivity contribution is -0.116. The molecule has 5 nitrogen and oxygen atoms in total. The fraction of sp³-hybridized carbons (Fsp3) is 0.562. The van der Waals surface area contributed by atoms with Crippen molar-refractivity contribution in [3.63, 3.8) is 0 Å². The fourth-order valence-electron chi connectivity index (χ4n) is 2.85. The lowest BCUT2D eigenvalue weighted by atomic mass is 10.2. The molecule has 1 unspecified atom stereocenters. The second kappa shape index (κ2) is 7.64. The van der Waals surface area contributed by atoms with Gasteiger partial charge in [0.25, 0.3) is 0 Å². The van der Waals surface area contributed by atoms with Crippen molar-refractivity contribution in [1.29, 1.82) is 0 Å². The van der Waals surface area contributed by atoms with Crippen molar-refractivity contribution < 1.29 is 13.2 Å². The van der Waals surface area contributed by atoms with Crippen LogP contribution in [0.4, 0.5) is 5.69 Å². The number of hydrogen-bond donors (Lipinski definition) is 1. The maximum atomic E-state index is 12.1. The Morgan fingerprint density at radius 1 is 1.43 bits per heavy atom. The largest absolute Gasteiger partial charge is 0.326 e. The topological polar surface area (TPSA) is 66.5 Å². The van der Waals surface area contributed by atoms with Crippen LogP contribution in [0.1, 0.15) is 25.3 Å². The van der Waals surface area contributed by atoms with Crippen LogP contribution < -0.4 is 5.32 Å². The van der Waals surface area contributed by atoms with E-state index in [1.54, 1.807) is 12.1 Å². The zero-order chi connectivity index (χ0) is 17.0. The third-order valence-electron chi connectivity index (χ3n) is 4.23. The van der Waals surface area contributed by atoms with Crippen LogP contribution in [-0.2, 0) is 14.6 Å². The molecule has 1 aliphatic heterocycles. The summed E-state index contributed by atoms with van der Waals surface area (Å²) >= 11 is 5.95. The fourth-order valence-corrected chi connectivity index (χ4v) is 4.78. The first-order valence-electron chi connectivity index (χ1n) is 7.81. The lowest BCUT2D eigenvalue weighted by Gasteiger charge is -2.26. The van der Waals surface area contributed by atoms with E-state index in [-0.39, 0.29) is 23.5 Å². The van der Waals surface area contributed by atoms with Crippen molar-refractivity contribution in [2.45, 2.75) is 32.7 Å². The minimum absolute atomic E-state index is 0.0331. The molecule has 0 bridgehead atoms. The molecule has 1 aromatic rings. The van der Waals surface area contributed by atoms with Crippen molar-refractivity contribution in [1.82, 2.24) is 4.90 Å². The number of halogens is 1. The summed E-state index contributed by atoms with van der Waals surface area (Å²) in [6.45, 7) is 5.20. The van der Waals surface area contributed by atoms with Gasteiger partial charge in [-0.25, -0.2) is 8.42 Å². The summed E-state index contributed by atoms with van der Waals surface area (Å²) in [5.41, 5.74) is 1.67. The molecule has 1 aromatic carbocycles. The van der Waals surface area contributed by atoms with Crippen molar-refractivity contribution in [3.05, 3.63) is 28.8 Å². The minimum atomic E-state index is -2.90. The first kappa shape index (κ1) is 18.2. The van der Waals surface area contributed by atoms with Crippen molar-refractivity contribution in [3.8, 4) is 0 Å². The van der Waals surface area contributed by atoms with E-state index in [0.29, 0.717) is 30.1 Å². The van der Waals surface area contributed by atoms with E-state index in [9.17, 15) is 13.2 Å². The van der Waals surface area contributed by atoms with Crippen LogP contribution in [0.3, 0.4) is 0 Å². The van der Waals surface area contributed by atoms with E-state index < -0.39 is 9.84 Å². The van der Waals surface area contributed by atoms with Crippen LogP contribution in [0, 0.1) is 6.92 Å².